The first-order chi connectivity index (χ1) is 15.5. The van der Waals surface area contributed by atoms with Crippen LogP contribution in [-0.2, 0) is 14.3 Å². The second-order valence-corrected chi connectivity index (χ2v) is 7.23. The highest BCUT2D eigenvalue weighted by molar-refractivity contribution is 5.98. The van der Waals surface area contributed by atoms with Crippen LogP contribution >= 0.6 is 0 Å². The Morgan fingerprint density at radius 1 is 1.19 bits per heavy atom. The van der Waals surface area contributed by atoms with Gasteiger partial charge in [0.05, 0.1) is 18.1 Å². The average Bonchev–Trinajstić information content (AvgIpc) is 2.82. The van der Waals surface area contributed by atoms with Crippen molar-refractivity contribution < 1.29 is 19.2 Å². The number of nitrogens with one attached hydrogen (secondary N) is 1. The van der Waals surface area contributed by atoms with Crippen LogP contribution in [0.25, 0.3) is 6.08 Å². The van der Waals surface area contributed by atoms with Crippen molar-refractivity contribution in [3.05, 3.63) is 70.3 Å². The molecular weight excluding hydrogens is 412 g/mol. The summed E-state index contributed by atoms with van der Waals surface area (Å²) >= 11 is 0. The maximum atomic E-state index is 12.5. The van der Waals surface area contributed by atoms with Crippen molar-refractivity contribution in [2.75, 3.05) is 49.6 Å². The molecule has 1 aliphatic heterocycles. The molecule has 3 rings (SSSR count). The van der Waals surface area contributed by atoms with E-state index in [4.69, 9.17) is 4.74 Å². The molecule has 168 valence electrons. The van der Waals surface area contributed by atoms with Crippen molar-refractivity contribution in [1.29, 1.82) is 0 Å². The summed E-state index contributed by atoms with van der Waals surface area (Å²) in [6, 6.07) is 13.6. The summed E-state index contributed by atoms with van der Waals surface area (Å²) in [5.74, 6) is -0.653. The molecule has 1 heterocycles. The lowest BCUT2D eigenvalue weighted by Crippen LogP contribution is -2.37. The number of rotatable bonds is 8. The lowest BCUT2D eigenvalue weighted by molar-refractivity contribution is -0.384. The second-order valence-electron chi connectivity index (χ2n) is 7.23. The van der Waals surface area contributed by atoms with E-state index >= 15 is 0 Å². The Bertz CT molecular complexity index is 984. The topological polar surface area (TPSA) is 105 Å². The number of hydrogen-bond acceptors (Lipinski definition) is 6. The molecule has 2 aromatic carbocycles. The molecular formula is C23H26N4O5. The normalized spacial score (nSPS) is 13.7. The number of nitrogens with zero attached hydrogens (tertiary/aromatic N) is 3. The molecule has 0 aromatic heterocycles. The second kappa shape index (κ2) is 11.1. The van der Waals surface area contributed by atoms with Gasteiger partial charge in [-0.05, 0) is 42.8 Å². The van der Waals surface area contributed by atoms with Crippen LogP contribution in [0.2, 0.25) is 0 Å². The molecule has 9 heteroatoms. The van der Waals surface area contributed by atoms with Crippen LogP contribution in [-0.4, -0.2) is 61.0 Å². The molecule has 1 aliphatic rings. The van der Waals surface area contributed by atoms with E-state index < -0.39 is 4.92 Å². The predicted molar refractivity (Wildman–Crippen MR) is 122 cm³/mol. The van der Waals surface area contributed by atoms with Gasteiger partial charge in [-0.2, -0.15) is 0 Å². The standard InChI is InChI=1S/C23H26N4O5/c1-2-25(23(29)11-6-18-4-3-5-21(16-18)27(30)31)17-22(28)24-19-7-9-20(10-8-19)26-12-14-32-15-13-26/h3-11,16H,2,12-15,17H2,1H3,(H,24,28). The average molecular weight is 438 g/mol. The van der Waals surface area contributed by atoms with E-state index in [9.17, 15) is 19.7 Å². The fraction of sp³-hybridized carbons (Fsp3) is 0.304. The fourth-order valence-electron chi connectivity index (χ4n) is 3.31. The Morgan fingerprint density at radius 3 is 2.56 bits per heavy atom. The molecule has 0 saturated carbocycles. The number of amides is 2. The summed E-state index contributed by atoms with van der Waals surface area (Å²) in [6.07, 6.45) is 2.81. The molecule has 1 saturated heterocycles. The van der Waals surface area contributed by atoms with Crippen molar-refractivity contribution in [3.8, 4) is 0 Å². The SMILES string of the molecule is CCN(CC(=O)Nc1ccc(N2CCOCC2)cc1)C(=O)C=Cc1cccc([N+](=O)[O-])c1. The number of morpholine rings is 1. The maximum absolute atomic E-state index is 12.5. The van der Waals surface area contributed by atoms with Gasteiger partial charge in [0.15, 0.2) is 0 Å². The van der Waals surface area contributed by atoms with Crippen LogP contribution in [0.4, 0.5) is 17.1 Å². The van der Waals surface area contributed by atoms with Gasteiger partial charge in [0.25, 0.3) is 5.69 Å². The molecule has 9 nitrogen and oxygen atoms in total. The zero-order valence-electron chi connectivity index (χ0n) is 17.9. The molecule has 0 unspecified atom stereocenters. The predicted octanol–water partition coefficient (Wildman–Crippen LogP) is 2.93. The summed E-state index contributed by atoms with van der Waals surface area (Å²) in [6.45, 7) is 5.11. The summed E-state index contributed by atoms with van der Waals surface area (Å²) in [5, 5.41) is 13.7. The van der Waals surface area contributed by atoms with Crippen LogP contribution in [0.15, 0.2) is 54.6 Å². The number of hydrogen-bond donors (Lipinski definition) is 1. The van der Waals surface area contributed by atoms with E-state index in [1.165, 1.54) is 29.2 Å². The molecule has 0 radical (unpaired) electrons. The van der Waals surface area contributed by atoms with Gasteiger partial charge in [-0.3, -0.25) is 19.7 Å². The van der Waals surface area contributed by atoms with Crippen molar-refractivity contribution in [1.82, 2.24) is 4.90 Å². The Kier molecular flexibility index (Phi) is 7.93. The third kappa shape index (κ3) is 6.39. The molecule has 0 spiro atoms. The van der Waals surface area contributed by atoms with Gasteiger partial charge in [-0.15, -0.1) is 0 Å². The first-order valence-corrected chi connectivity index (χ1v) is 10.4. The van der Waals surface area contributed by atoms with Gasteiger partial charge in [-0.1, -0.05) is 12.1 Å². The van der Waals surface area contributed by atoms with E-state index in [0.29, 0.717) is 31.0 Å². The third-order valence-electron chi connectivity index (χ3n) is 5.05. The lowest BCUT2D eigenvalue weighted by Gasteiger charge is -2.29. The number of nitro benzene ring substituents is 1. The number of carbonyl (C=O) groups excluding carboxylic acids is 2. The molecule has 1 N–H and O–H groups in total. The van der Waals surface area contributed by atoms with E-state index in [2.05, 4.69) is 10.2 Å². The zero-order valence-corrected chi connectivity index (χ0v) is 17.9. The molecule has 0 aliphatic carbocycles. The van der Waals surface area contributed by atoms with E-state index in [0.717, 1.165) is 18.8 Å². The minimum atomic E-state index is -0.491. The van der Waals surface area contributed by atoms with Crippen molar-refractivity contribution in [2.24, 2.45) is 0 Å². The van der Waals surface area contributed by atoms with Crippen LogP contribution < -0.4 is 10.2 Å². The number of nitro groups is 1. The van der Waals surface area contributed by atoms with Crippen molar-refractivity contribution in [2.45, 2.75) is 6.92 Å². The van der Waals surface area contributed by atoms with Gasteiger partial charge < -0.3 is 19.9 Å². The van der Waals surface area contributed by atoms with Crippen LogP contribution in [0, 0.1) is 10.1 Å². The summed E-state index contributed by atoms with van der Waals surface area (Å²) < 4.78 is 5.36. The molecule has 1 fully saturated rings. The number of anilines is 2. The highest BCUT2D eigenvalue weighted by Gasteiger charge is 2.15. The molecule has 32 heavy (non-hydrogen) atoms. The molecule has 2 amide bonds. The third-order valence-corrected chi connectivity index (χ3v) is 5.05. The Hall–Kier alpha value is -3.72. The van der Waals surface area contributed by atoms with Gasteiger partial charge >= 0.3 is 0 Å². The Balaban J connectivity index is 1.55. The largest absolute Gasteiger partial charge is 0.378 e. The first-order valence-electron chi connectivity index (χ1n) is 10.4. The maximum Gasteiger partial charge on any atom is 0.270 e. The molecule has 2 aromatic rings. The summed E-state index contributed by atoms with van der Waals surface area (Å²) in [4.78, 5) is 38.9. The van der Waals surface area contributed by atoms with Gasteiger partial charge in [0.2, 0.25) is 11.8 Å². The number of benzene rings is 2. The molecule has 0 atom stereocenters. The number of carbonyl (C=O) groups is 2. The quantitative estimate of drug-likeness (QED) is 0.386. The number of non-ortho nitro benzene ring substituents is 1. The fourth-order valence-corrected chi connectivity index (χ4v) is 3.31. The van der Waals surface area contributed by atoms with Gasteiger partial charge in [-0.25, -0.2) is 0 Å². The van der Waals surface area contributed by atoms with E-state index in [-0.39, 0.29) is 24.0 Å². The minimum Gasteiger partial charge on any atom is -0.378 e. The molecule has 0 bridgehead atoms. The van der Waals surface area contributed by atoms with E-state index in [1.54, 1.807) is 19.1 Å². The highest BCUT2D eigenvalue weighted by atomic mass is 16.6. The van der Waals surface area contributed by atoms with Crippen molar-refractivity contribution >= 4 is 35.0 Å². The van der Waals surface area contributed by atoms with Gasteiger partial charge in [0, 0.05) is 49.2 Å². The van der Waals surface area contributed by atoms with Crippen LogP contribution in [0.3, 0.4) is 0 Å². The Labute approximate surface area is 186 Å². The lowest BCUT2D eigenvalue weighted by atomic mass is 10.2. The van der Waals surface area contributed by atoms with Gasteiger partial charge in [0.1, 0.15) is 6.54 Å². The highest BCUT2D eigenvalue weighted by Crippen LogP contribution is 2.19. The van der Waals surface area contributed by atoms with Crippen LogP contribution in [0.5, 0.6) is 0 Å². The Morgan fingerprint density at radius 2 is 1.91 bits per heavy atom. The van der Waals surface area contributed by atoms with Crippen molar-refractivity contribution in [3.63, 3.8) is 0 Å². The number of ether oxygens (including phenoxy) is 1. The van der Waals surface area contributed by atoms with Crippen LogP contribution in [0.1, 0.15) is 12.5 Å². The summed E-state index contributed by atoms with van der Waals surface area (Å²) in [7, 11) is 0. The minimum absolute atomic E-state index is 0.0500. The monoisotopic (exact) mass is 438 g/mol. The smallest absolute Gasteiger partial charge is 0.270 e. The first kappa shape index (κ1) is 23.0. The number of likely N-dealkylation sites (N-methyl/N-ethyl adjacent to an activating group) is 1. The zero-order chi connectivity index (χ0) is 22.9. The van der Waals surface area contributed by atoms with E-state index in [1.807, 2.05) is 24.3 Å². The summed E-state index contributed by atoms with van der Waals surface area (Å²) in [5.41, 5.74) is 2.21.